The van der Waals surface area contributed by atoms with Crippen LogP contribution in [0, 0.1) is 19.8 Å². The van der Waals surface area contributed by atoms with E-state index in [1.54, 1.807) is 6.07 Å². The first-order valence-corrected chi connectivity index (χ1v) is 10.7. The summed E-state index contributed by atoms with van der Waals surface area (Å²) in [5.74, 6) is -0.154. The quantitative estimate of drug-likeness (QED) is 0.600. The lowest BCUT2D eigenvalue weighted by molar-refractivity contribution is -0.124. The molecule has 1 N–H and O–H groups in total. The molecule has 4 rings (SSSR count). The summed E-state index contributed by atoms with van der Waals surface area (Å²) in [6.45, 7) is 6.37. The first kappa shape index (κ1) is 19.6. The predicted octanol–water partition coefficient (Wildman–Crippen LogP) is 3.83. The van der Waals surface area contributed by atoms with E-state index < -0.39 is 5.97 Å². The summed E-state index contributed by atoms with van der Waals surface area (Å²) in [6, 6.07) is 10.3. The SMILES string of the molecule is Cc1ccc(Cn2nc(C)c3cc(C(=O)OCC(=O)N[C@H](C)C4CC4)sc32)cc1. The Morgan fingerprint density at radius 1 is 1.28 bits per heavy atom. The van der Waals surface area contributed by atoms with E-state index in [4.69, 9.17) is 4.74 Å². The summed E-state index contributed by atoms with van der Waals surface area (Å²) in [5, 5.41) is 8.45. The highest BCUT2D eigenvalue weighted by Gasteiger charge is 2.29. The number of thiophene rings is 1. The van der Waals surface area contributed by atoms with Gasteiger partial charge in [0, 0.05) is 11.4 Å². The third kappa shape index (κ3) is 4.50. The molecule has 1 aliphatic rings. The molecule has 2 heterocycles. The minimum absolute atomic E-state index is 0.140. The van der Waals surface area contributed by atoms with Crippen LogP contribution in [0.25, 0.3) is 10.2 Å². The molecule has 29 heavy (non-hydrogen) atoms. The number of rotatable bonds is 7. The van der Waals surface area contributed by atoms with E-state index in [2.05, 4.69) is 41.6 Å². The van der Waals surface area contributed by atoms with E-state index in [0.717, 1.165) is 34.3 Å². The summed E-state index contributed by atoms with van der Waals surface area (Å²) < 4.78 is 7.15. The first-order valence-electron chi connectivity index (χ1n) is 9.89. The van der Waals surface area contributed by atoms with Gasteiger partial charge in [-0.2, -0.15) is 5.10 Å². The number of amides is 1. The molecule has 0 bridgehead atoms. The van der Waals surface area contributed by atoms with Gasteiger partial charge in [-0.25, -0.2) is 4.79 Å². The van der Waals surface area contributed by atoms with Gasteiger partial charge in [0.1, 0.15) is 9.71 Å². The Morgan fingerprint density at radius 3 is 2.69 bits per heavy atom. The Kier molecular flexibility index (Phi) is 5.41. The molecule has 1 saturated carbocycles. The molecule has 0 aliphatic heterocycles. The minimum atomic E-state index is -0.471. The number of hydrogen-bond acceptors (Lipinski definition) is 5. The summed E-state index contributed by atoms with van der Waals surface area (Å²) in [6.07, 6.45) is 2.31. The van der Waals surface area contributed by atoms with Gasteiger partial charge >= 0.3 is 5.97 Å². The number of nitrogens with zero attached hydrogens (tertiary/aromatic N) is 2. The Morgan fingerprint density at radius 2 is 2.00 bits per heavy atom. The van der Waals surface area contributed by atoms with Crippen molar-refractivity contribution in [3.05, 3.63) is 52.0 Å². The summed E-state index contributed by atoms with van der Waals surface area (Å²) in [7, 11) is 0. The number of hydrogen-bond donors (Lipinski definition) is 1. The fraction of sp³-hybridized carbons (Fsp3) is 0.409. The molecule has 0 radical (unpaired) electrons. The van der Waals surface area contributed by atoms with Crippen LogP contribution < -0.4 is 5.32 Å². The fourth-order valence-electron chi connectivity index (χ4n) is 3.40. The van der Waals surface area contributed by atoms with Gasteiger partial charge in [0.15, 0.2) is 6.61 Å². The average Bonchev–Trinajstić information content (AvgIpc) is 3.38. The number of carbonyl (C=O) groups excluding carboxylic acids is 2. The normalized spacial score (nSPS) is 14.7. The van der Waals surface area contributed by atoms with Crippen molar-refractivity contribution in [2.45, 2.75) is 46.2 Å². The van der Waals surface area contributed by atoms with Gasteiger partial charge in [0.25, 0.3) is 5.91 Å². The van der Waals surface area contributed by atoms with E-state index >= 15 is 0 Å². The van der Waals surface area contributed by atoms with Crippen LogP contribution in [0.3, 0.4) is 0 Å². The van der Waals surface area contributed by atoms with Crippen LogP contribution in [0.2, 0.25) is 0 Å². The number of aryl methyl sites for hydroxylation is 2. The Balaban J connectivity index is 1.43. The Hall–Kier alpha value is -2.67. The van der Waals surface area contributed by atoms with E-state index in [-0.39, 0.29) is 18.6 Å². The van der Waals surface area contributed by atoms with Crippen LogP contribution in [0.15, 0.2) is 30.3 Å². The van der Waals surface area contributed by atoms with Crippen molar-refractivity contribution in [1.82, 2.24) is 15.1 Å². The first-order chi connectivity index (χ1) is 13.9. The summed E-state index contributed by atoms with van der Waals surface area (Å²) in [4.78, 5) is 25.8. The molecule has 6 nitrogen and oxygen atoms in total. The molecule has 1 atom stereocenters. The lowest BCUT2D eigenvalue weighted by atomic mass is 10.1. The third-order valence-corrected chi connectivity index (χ3v) is 6.44. The zero-order valence-electron chi connectivity index (χ0n) is 16.9. The number of ether oxygens (including phenoxy) is 1. The molecule has 7 heteroatoms. The standard InChI is InChI=1S/C22H25N3O3S/c1-13-4-6-16(7-5-13)11-25-21-18(15(3)24-25)10-19(29-21)22(27)28-12-20(26)23-14(2)17-8-9-17/h4-7,10,14,17H,8-9,11-12H2,1-3H3,(H,23,26)/t14-/m1/s1. The largest absolute Gasteiger partial charge is 0.451 e. The lowest BCUT2D eigenvalue weighted by Gasteiger charge is -2.12. The van der Waals surface area contributed by atoms with Crippen LogP contribution in [-0.4, -0.2) is 34.3 Å². The maximum Gasteiger partial charge on any atom is 0.348 e. The van der Waals surface area contributed by atoms with Crippen molar-refractivity contribution in [2.24, 2.45) is 5.92 Å². The highest BCUT2D eigenvalue weighted by atomic mass is 32.1. The molecule has 1 aliphatic carbocycles. The maximum atomic E-state index is 12.4. The van der Waals surface area contributed by atoms with Gasteiger partial charge in [0.2, 0.25) is 0 Å². The second kappa shape index (κ2) is 7.99. The molecule has 1 aromatic carbocycles. The third-order valence-electron chi connectivity index (χ3n) is 5.31. The maximum absolute atomic E-state index is 12.4. The Labute approximate surface area is 173 Å². The highest BCUT2D eigenvalue weighted by Crippen LogP contribution is 2.32. The van der Waals surface area contributed by atoms with Crippen LogP contribution in [-0.2, 0) is 16.1 Å². The van der Waals surface area contributed by atoms with Gasteiger partial charge in [-0.05, 0) is 51.2 Å². The molecule has 0 unspecified atom stereocenters. The second-order valence-electron chi connectivity index (χ2n) is 7.83. The average molecular weight is 412 g/mol. The van der Waals surface area contributed by atoms with Crippen molar-refractivity contribution in [1.29, 1.82) is 0 Å². The number of carbonyl (C=O) groups is 2. The van der Waals surface area contributed by atoms with Gasteiger partial charge < -0.3 is 10.1 Å². The van der Waals surface area contributed by atoms with Gasteiger partial charge in [-0.15, -0.1) is 11.3 Å². The molecule has 3 aromatic rings. The van der Waals surface area contributed by atoms with Crippen molar-refractivity contribution in [2.75, 3.05) is 6.61 Å². The minimum Gasteiger partial charge on any atom is -0.451 e. The fourth-order valence-corrected chi connectivity index (χ4v) is 4.45. The van der Waals surface area contributed by atoms with Gasteiger partial charge in [-0.1, -0.05) is 29.8 Å². The van der Waals surface area contributed by atoms with E-state index in [1.807, 2.05) is 18.5 Å². The number of esters is 1. The van der Waals surface area contributed by atoms with Crippen LogP contribution in [0.5, 0.6) is 0 Å². The smallest absolute Gasteiger partial charge is 0.348 e. The number of nitrogens with one attached hydrogen (secondary N) is 1. The molecular weight excluding hydrogens is 386 g/mol. The lowest BCUT2D eigenvalue weighted by Crippen LogP contribution is -2.37. The monoisotopic (exact) mass is 411 g/mol. The number of aromatic nitrogens is 2. The van der Waals surface area contributed by atoms with E-state index in [9.17, 15) is 9.59 Å². The van der Waals surface area contributed by atoms with Crippen molar-refractivity contribution in [3.63, 3.8) is 0 Å². The van der Waals surface area contributed by atoms with E-state index in [0.29, 0.717) is 17.3 Å². The molecule has 0 saturated heterocycles. The number of benzene rings is 1. The molecule has 0 spiro atoms. The van der Waals surface area contributed by atoms with E-state index in [1.165, 1.54) is 16.9 Å². The Bertz CT molecular complexity index is 1050. The van der Waals surface area contributed by atoms with Crippen LogP contribution in [0.1, 0.15) is 46.3 Å². The zero-order valence-corrected chi connectivity index (χ0v) is 17.7. The van der Waals surface area contributed by atoms with Crippen molar-refractivity contribution in [3.8, 4) is 0 Å². The predicted molar refractivity (Wildman–Crippen MR) is 113 cm³/mol. The zero-order chi connectivity index (χ0) is 20.5. The van der Waals surface area contributed by atoms with Crippen LogP contribution in [0.4, 0.5) is 0 Å². The second-order valence-corrected chi connectivity index (χ2v) is 8.86. The van der Waals surface area contributed by atoms with Crippen molar-refractivity contribution >= 4 is 33.4 Å². The molecule has 1 fully saturated rings. The molecular formula is C22H25N3O3S. The molecule has 2 aromatic heterocycles. The molecule has 1 amide bonds. The summed E-state index contributed by atoms with van der Waals surface area (Å²) in [5.41, 5.74) is 3.24. The summed E-state index contributed by atoms with van der Waals surface area (Å²) >= 11 is 1.35. The van der Waals surface area contributed by atoms with Crippen LogP contribution >= 0.6 is 11.3 Å². The highest BCUT2D eigenvalue weighted by molar-refractivity contribution is 7.20. The van der Waals surface area contributed by atoms with Gasteiger partial charge in [-0.3, -0.25) is 9.48 Å². The topological polar surface area (TPSA) is 73.2 Å². The molecule has 152 valence electrons. The van der Waals surface area contributed by atoms with Crippen molar-refractivity contribution < 1.29 is 14.3 Å². The number of fused-ring (bicyclic) bond motifs is 1. The van der Waals surface area contributed by atoms with Gasteiger partial charge in [0.05, 0.1) is 12.2 Å².